The van der Waals surface area contributed by atoms with E-state index < -0.39 is 0 Å². The molecule has 4 heteroatoms. The average molecular weight is 323 g/mol. The molecule has 2 heterocycles. The molecular formula is C20H25N3O. The average Bonchev–Trinajstić information content (AvgIpc) is 2.82. The van der Waals surface area contributed by atoms with Crippen molar-refractivity contribution in [2.75, 3.05) is 6.54 Å². The van der Waals surface area contributed by atoms with E-state index in [1.54, 1.807) is 0 Å². The third-order valence-electron chi connectivity index (χ3n) is 5.47. The van der Waals surface area contributed by atoms with Crippen LogP contribution in [0.15, 0.2) is 24.4 Å². The number of aromatic nitrogens is 2. The topological polar surface area (TPSA) is 38.1 Å². The molecule has 2 aliphatic rings. The molecule has 4 rings (SSSR count). The third-order valence-corrected chi connectivity index (χ3v) is 5.47. The van der Waals surface area contributed by atoms with Crippen LogP contribution < -0.4 is 0 Å². The van der Waals surface area contributed by atoms with Crippen molar-refractivity contribution in [1.82, 2.24) is 14.7 Å². The van der Waals surface area contributed by atoms with E-state index in [1.807, 2.05) is 22.8 Å². The highest BCUT2D eigenvalue weighted by Gasteiger charge is 2.21. The van der Waals surface area contributed by atoms with E-state index in [2.05, 4.69) is 23.3 Å². The minimum absolute atomic E-state index is 0.238. The Morgan fingerprint density at radius 2 is 1.92 bits per heavy atom. The van der Waals surface area contributed by atoms with Crippen LogP contribution in [0.4, 0.5) is 0 Å². The lowest BCUT2D eigenvalue weighted by molar-refractivity contribution is -0.131. The van der Waals surface area contributed by atoms with Gasteiger partial charge in [-0.3, -0.25) is 9.48 Å². The molecule has 24 heavy (non-hydrogen) atoms. The highest BCUT2D eigenvalue weighted by atomic mass is 16.2. The van der Waals surface area contributed by atoms with Crippen LogP contribution in [0.5, 0.6) is 0 Å². The van der Waals surface area contributed by atoms with E-state index >= 15 is 0 Å². The summed E-state index contributed by atoms with van der Waals surface area (Å²) in [7, 11) is 1.99. The smallest absolute Gasteiger partial charge is 0.227 e. The standard InChI is InChI=1S/C20H25N3O/c1-22-19-7-4-10-23(14-18(19)13-21-22)20(24)12-15-8-9-16-5-2-3-6-17(16)11-15/h8-9,11,13H,2-7,10,12,14H2,1H3. The van der Waals surface area contributed by atoms with Crippen molar-refractivity contribution >= 4 is 5.91 Å². The number of fused-ring (bicyclic) bond motifs is 2. The van der Waals surface area contributed by atoms with Crippen LogP contribution in [0.25, 0.3) is 0 Å². The first kappa shape index (κ1) is 15.4. The molecule has 126 valence electrons. The largest absolute Gasteiger partial charge is 0.338 e. The van der Waals surface area contributed by atoms with Crippen LogP contribution in [0.2, 0.25) is 0 Å². The van der Waals surface area contributed by atoms with Crippen molar-refractivity contribution in [2.45, 2.75) is 51.5 Å². The molecular weight excluding hydrogens is 298 g/mol. The van der Waals surface area contributed by atoms with E-state index in [0.717, 1.165) is 24.9 Å². The maximum Gasteiger partial charge on any atom is 0.227 e. The van der Waals surface area contributed by atoms with Crippen molar-refractivity contribution in [3.05, 3.63) is 52.3 Å². The van der Waals surface area contributed by atoms with Gasteiger partial charge in [0.25, 0.3) is 0 Å². The maximum absolute atomic E-state index is 12.8. The van der Waals surface area contributed by atoms with Gasteiger partial charge >= 0.3 is 0 Å². The van der Waals surface area contributed by atoms with Crippen LogP contribution in [-0.2, 0) is 44.1 Å². The second kappa shape index (κ2) is 6.42. The first-order chi connectivity index (χ1) is 11.7. The van der Waals surface area contributed by atoms with Gasteiger partial charge in [0.2, 0.25) is 5.91 Å². The number of nitrogens with zero attached hydrogens (tertiary/aromatic N) is 3. The molecule has 0 fully saturated rings. The number of benzene rings is 1. The Labute approximate surface area is 143 Å². The van der Waals surface area contributed by atoms with Gasteiger partial charge in [0.1, 0.15) is 0 Å². The number of aryl methyl sites for hydroxylation is 3. The van der Waals surface area contributed by atoms with Crippen LogP contribution in [0.3, 0.4) is 0 Å². The summed E-state index contributed by atoms with van der Waals surface area (Å²) >= 11 is 0. The lowest BCUT2D eigenvalue weighted by Crippen LogP contribution is -2.32. The Morgan fingerprint density at radius 1 is 1.08 bits per heavy atom. The molecule has 0 N–H and O–H groups in total. The van der Waals surface area contributed by atoms with Crippen LogP contribution in [-0.4, -0.2) is 27.1 Å². The molecule has 0 saturated heterocycles. The van der Waals surface area contributed by atoms with Gasteiger partial charge in [-0.2, -0.15) is 5.10 Å². The lowest BCUT2D eigenvalue weighted by atomic mass is 9.90. The summed E-state index contributed by atoms with van der Waals surface area (Å²) in [6.07, 6.45) is 9.39. The van der Waals surface area contributed by atoms with Gasteiger partial charge < -0.3 is 4.90 Å². The number of hydrogen-bond acceptors (Lipinski definition) is 2. The van der Waals surface area contributed by atoms with Crippen molar-refractivity contribution in [1.29, 1.82) is 0 Å². The number of hydrogen-bond donors (Lipinski definition) is 0. The van der Waals surface area contributed by atoms with Crippen molar-refractivity contribution in [3.8, 4) is 0 Å². The number of amides is 1. The lowest BCUT2D eigenvalue weighted by Gasteiger charge is -2.21. The Morgan fingerprint density at radius 3 is 2.79 bits per heavy atom. The van der Waals surface area contributed by atoms with Gasteiger partial charge in [0, 0.05) is 31.4 Å². The van der Waals surface area contributed by atoms with Crippen molar-refractivity contribution in [2.24, 2.45) is 7.05 Å². The first-order valence-electron chi connectivity index (χ1n) is 9.09. The minimum Gasteiger partial charge on any atom is -0.338 e. The van der Waals surface area contributed by atoms with Crippen molar-refractivity contribution < 1.29 is 4.79 Å². The van der Waals surface area contributed by atoms with Gasteiger partial charge in [-0.15, -0.1) is 0 Å². The predicted molar refractivity (Wildman–Crippen MR) is 93.7 cm³/mol. The van der Waals surface area contributed by atoms with E-state index in [9.17, 15) is 4.79 Å². The highest BCUT2D eigenvalue weighted by molar-refractivity contribution is 5.79. The predicted octanol–water partition coefficient (Wildman–Crippen LogP) is 2.82. The Bertz CT molecular complexity index is 762. The van der Waals surface area contributed by atoms with E-state index in [0.29, 0.717) is 13.0 Å². The molecule has 1 aliphatic carbocycles. The zero-order valence-electron chi connectivity index (χ0n) is 14.4. The molecule has 0 saturated carbocycles. The van der Waals surface area contributed by atoms with E-state index in [4.69, 9.17) is 0 Å². The first-order valence-corrected chi connectivity index (χ1v) is 9.09. The molecule has 0 unspecified atom stereocenters. The third kappa shape index (κ3) is 2.97. The van der Waals surface area contributed by atoms with Gasteiger partial charge in [-0.05, 0) is 55.2 Å². The molecule has 1 aliphatic heterocycles. The quantitative estimate of drug-likeness (QED) is 0.852. The van der Waals surface area contributed by atoms with E-state index in [1.165, 1.54) is 48.1 Å². The normalized spacial score (nSPS) is 17.1. The molecule has 2 aromatic rings. The highest BCUT2D eigenvalue weighted by Crippen LogP contribution is 2.23. The second-order valence-corrected chi connectivity index (χ2v) is 7.15. The molecule has 1 aromatic heterocycles. The second-order valence-electron chi connectivity index (χ2n) is 7.15. The monoisotopic (exact) mass is 323 g/mol. The minimum atomic E-state index is 0.238. The Kier molecular flexibility index (Phi) is 4.13. The SMILES string of the molecule is Cn1ncc2c1CCCN(C(=O)Cc1ccc3c(c1)CCCC3)C2. The maximum atomic E-state index is 12.8. The molecule has 0 atom stereocenters. The molecule has 0 bridgehead atoms. The summed E-state index contributed by atoms with van der Waals surface area (Å²) in [5.74, 6) is 0.238. The Balaban J connectivity index is 1.48. The van der Waals surface area contributed by atoms with Gasteiger partial charge in [0.15, 0.2) is 0 Å². The Hall–Kier alpha value is -2.10. The summed E-state index contributed by atoms with van der Waals surface area (Å²) in [5, 5.41) is 4.34. The number of rotatable bonds is 2. The molecule has 4 nitrogen and oxygen atoms in total. The number of carbonyl (C=O) groups is 1. The summed E-state index contributed by atoms with van der Waals surface area (Å²) < 4.78 is 1.95. The fraction of sp³-hybridized carbons (Fsp3) is 0.500. The molecule has 0 radical (unpaired) electrons. The van der Waals surface area contributed by atoms with Gasteiger partial charge in [-0.1, -0.05) is 18.2 Å². The summed E-state index contributed by atoms with van der Waals surface area (Å²) in [6.45, 7) is 1.55. The zero-order chi connectivity index (χ0) is 16.5. The fourth-order valence-electron chi connectivity index (χ4n) is 4.08. The molecule has 0 spiro atoms. The fourth-order valence-corrected chi connectivity index (χ4v) is 4.08. The zero-order valence-corrected chi connectivity index (χ0v) is 14.4. The van der Waals surface area contributed by atoms with Crippen molar-refractivity contribution in [3.63, 3.8) is 0 Å². The molecule has 1 aromatic carbocycles. The molecule has 1 amide bonds. The van der Waals surface area contributed by atoms with E-state index in [-0.39, 0.29) is 5.91 Å². The summed E-state index contributed by atoms with van der Waals surface area (Å²) in [6, 6.07) is 6.65. The van der Waals surface area contributed by atoms with Gasteiger partial charge in [0.05, 0.1) is 12.6 Å². The van der Waals surface area contributed by atoms with Crippen LogP contribution in [0, 0.1) is 0 Å². The summed E-state index contributed by atoms with van der Waals surface area (Å²) in [5.41, 5.74) is 6.58. The van der Waals surface area contributed by atoms with Crippen LogP contribution >= 0.6 is 0 Å². The van der Waals surface area contributed by atoms with Crippen LogP contribution in [0.1, 0.15) is 47.2 Å². The number of carbonyl (C=O) groups excluding carboxylic acids is 1. The summed E-state index contributed by atoms with van der Waals surface area (Å²) in [4.78, 5) is 14.8. The van der Waals surface area contributed by atoms with Gasteiger partial charge in [-0.25, -0.2) is 0 Å².